The first-order valence-corrected chi connectivity index (χ1v) is 40.3. The zero-order chi connectivity index (χ0) is 62.0. The van der Waals surface area contributed by atoms with Crippen LogP contribution in [0.2, 0.25) is 0 Å². The number of rotatable bonds is 77. The van der Waals surface area contributed by atoms with E-state index in [9.17, 15) is 19.8 Å². The van der Waals surface area contributed by atoms with Crippen molar-refractivity contribution in [2.45, 2.75) is 488 Å². The molecule has 1 amide bonds. The molecular formula is C80H159NO5. The lowest BCUT2D eigenvalue weighted by atomic mass is 10.0. The summed E-state index contributed by atoms with van der Waals surface area (Å²) in [5, 5.41) is 23.5. The fourth-order valence-electron chi connectivity index (χ4n) is 13.3. The molecule has 0 fully saturated rings. The predicted molar refractivity (Wildman–Crippen MR) is 380 cm³/mol. The molecule has 6 heteroatoms. The molecule has 0 rings (SSSR count). The lowest BCUT2D eigenvalue weighted by molar-refractivity contribution is -0.143. The van der Waals surface area contributed by atoms with Gasteiger partial charge in [-0.05, 0) is 25.7 Å². The zero-order valence-electron chi connectivity index (χ0n) is 59.1. The summed E-state index contributed by atoms with van der Waals surface area (Å²) in [6.07, 6.45) is 94.8. The van der Waals surface area contributed by atoms with Gasteiger partial charge in [0.05, 0.1) is 25.4 Å². The maximum absolute atomic E-state index is 12.6. The molecule has 0 aromatic rings. The van der Waals surface area contributed by atoms with E-state index in [0.29, 0.717) is 25.9 Å². The molecule has 0 radical (unpaired) electrons. The van der Waals surface area contributed by atoms with E-state index in [1.54, 1.807) is 0 Å². The molecular weight excluding hydrogens is 1050 g/mol. The number of aliphatic hydroxyl groups is 2. The van der Waals surface area contributed by atoms with Gasteiger partial charge < -0.3 is 20.3 Å². The molecule has 0 saturated heterocycles. The quantitative estimate of drug-likeness (QED) is 0.0417. The smallest absolute Gasteiger partial charge is 0.305 e. The molecule has 0 spiro atoms. The minimum Gasteiger partial charge on any atom is -0.466 e. The van der Waals surface area contributed by atoms with E-state index in [1.807, 2.05) is 0 Å². The van der Waals surface area contributed by atoms with Crippen LogP contribution in [0.5, 0.6) is 0 Å². The van der Waals surface area contributed by atoms with Crippen molar-refractivity contribution >= 4 is 11.9 Å². The Bertz CT molecular complexity index is 1260. The lowest BCUT2D eigenvalue weighted by Crippen LogP contribution is -2.45. The summed E-state index contributed by atoms with van der Waals surface area (Å²) >= 11 is 0. The number of esters is 1. The third kappa shape index (κ3) is 71.9. The highest BCUT2D eigenvalue weighted by molar-refractivity contribution is 5.76. The molecule has 0 aliphatic carbocycles. The Morgan fingerprint density at radius 1 is 0.279 bits per heavy atom. The Morgan fingerprint density at radius 2 is 0.477 bits per heavy atom. The van der Waals surface area contributed by atoms with Crippen molar-refractivity contribution < 1.29 is 24.5 Å². The van der Waals surface area contributed by atoms with Gasteiger partial charge in [-0.2, -0.15) is 0 Å². The van der Waals surface area contributed by atoms with Crippen LogP contribution in [0.4, 0.5) is 0 Å². The van der Waals surface area contributed by atoms with Crippen molar-refractivity contribution in [3.8, 4) is 0 Å². The minimum absolute atomic E-state index is 0.0239. The number of aliphatic hydroxyl groups excluding tert-OH is 2. The van der Waals surface area contributed by atoms with Gasteiger partial charge in [0.1, 0.15) is 0 Å². The summed E-state index contributed by atoms with van der Waals surface area (Å²) in [6.45, 7) is 5.02. The fraction of sp³-hybridized carbons (Fsp3) is 0.975. The van der Waals surface area contributed by atoms with Gasteiger partial charge in [0, 0.05) is 12.8 Å². The molecule has 2 atom stereocenters. The highest BCUT2D eigenvalue weighted by Gasteiger charge is 2.20. The van der Waals surface area contributed by atoms with Crippen molar-refractivity contribution in [2.75, 3.05) is 13.2 Å². The maximum atomic E-state index is 12.6. The third-order valence-corrected chi connectivity index (χ3v) is 19.4. The standard InChI is InChI=1S/C80H159NO5/c1-3-5-7-9-11-13-15-17-19-21-22-23-24-28-31-34-37-41-44-48-52-56-60-64-68-72-78(83)77(76-82)81-79(84)73-69-65-61-57-53-49-45-42-38-35-32-29-26-25-27-30-33-36-39-43-47-51-55-59-63-67-71-75-86-80(85)74-70-66-62-58-54-50-46-40-20-18-16-14-12-10-8-6-4-2/h77-78,82-83H,3-76H2,1-2H3,(H,81,84). The first-order valence-electron chi connectivity index (χ1n) is 40.3. The van der Waals surface area contributed by atoms with Crippen molar-refractivity contribution in [2.24, 2.45) is 0 Å². The van der Waals surface area contributed by atoms with Gasteiger partial charge in [-0.1, -0.05) is 438 Å². The highest BCUT2D eigenvalue weighted by atomic mass is 16.5. The Kier molecular flexibility index (Phi) is 75.3. The van der Waals surface area contributed by atoms with E-state index >= 15 is 0 Å². The van der Waals surface area contributed by atoms with Crippen LogP contribution in [-0.2, 0) is 14.3 Å². The number of amides is 1. The molecule has 6 nitrogen and oxygen atoms in total. The van der Waals surface area contributed by atoms with Gasteiger partial charge in [0.25, 0.3) is 0 Å². The molecule has 0 heterocycles. The molecule has 0 aliphatic rings. The lowest BCUT2D eigenvalue weighted by Gasteiger charge is -2.22. The van der Waals surface area contributed by atoms with E-state index < -0.39 is 12.1 Å². The second-order valence-corrected chi connectivity index (χ2v) is 28.1. The van der Waals surface area contributed by atoms with Crippen molar-refractivity contribution in [1.29, 1.82) is 0 Å². The number of hydrogen-bond donors (Lipinski definition) is 3. The Labute approximate surface area is 540 Å². The van der Waals surface area contributed by atoms with Crippen molar-refractivity contribution in [1.82, 2.24) is 5.32 Å². The Hall–Kier alpha value is -1.14. The van der Waals surface area contributed by atoms with Gasteiger partial charge >= 0.3 is 5.97 Å². The molecule has 0 bridgehead atoms. The van der Waals surface area contributed by atoms with Crippen LogP contribution in [0.1, 0.15) is 476 Å². The summed E-state index contributed by atoms with van der Waals surface area (Å²) in [5.41, 5.74) is 0. The SMILES string of the molecule is CCCCCCCCCCCCCCCCCCCCCCCCCCCC(O)C(CO)NC(=O)CCCCCCCCCCCCCCCCCCCCCCCCCCCCCOC(=O)CCCCCCCCCCCCCCCCCCC. The summed E-state index contributed by atoms with van der Waals surface area (Å²) in [4.78, 5) is 24.7. The largest absolute Gasteiger partial charge is 0.466 e. The summed E-state index contributed by atoms with van der Waals surface area (Å²) in [5.74, 6) is -0.00150. The van der Waals surface area contributed by atoms with Crippen LogP contribution in [0.25, 0.3) is 0 Å². The average Bonchev–Trinajstić information content (AvgIpc) is 3.57. The van der Waals surface area contributed by atoms with Crippen LogP contribution in [0.3, 0.4) is 0 Å². The molecule has 0 aromatic heterocycles. The summed E-state index contributed by atoms with van der Waals surface area (Å²) < 4.78 is 5.52. The van der Waals surface area contributed by atoms with Gasteiger partial charge in [-0.25, -0.2) is 0 Å². The van der Waals surface area contributed by atoms with Crippen molar-refractivity contribution in [3.63, 3.8) is 0 Å². The molecule has 2 unspecified atom stereocenters. The van der Waals surface area contributed by atoms with Gasteiger partial charge in [-0.3, -0.25) is 9.59 Å². The molecule has 0 saturated carbocycles. The van der Waals surface area contributed by atoms with Crippen LogP contribution in [0, 0.1) is 0 Å². The minimum atomic E-state index is -0.663. The molecule has 86 heavy (non-hydrogen) atoms. The second kappa shape index (κ2) is 76.3. The first kappa shape index (κ1) is 84.9. The second-order valence-electron chi connectivity index (χ2n) is 28.1. The molecule has 0 aliphatic heterocycles. The number of unbranched alkanes of at least 4 members (excludes halogenated alkanes) is 66. The Morgan fingerprint density at radius 3 is 0.709 bits per heavy atom. The van der Waals surface area contributed by atoms with Crippen LogP contribution >= 0.6 is 0 Å². The van der Waals surface area contributed by atoms with Crippen LogP contribution < -0.4 is 5.32 Å². The van der Waals surface area contributed by atoms with E-state index in [4.69, 9.17) is 4.74 Å². The summed E-state index contributed by atoms with van der Waals surface area (Å²) in [7, 11) is 0. The number of nitrogens with one attached hydrogen (secondary N) is 1. The third-order valence-electron chi connectivity index (χ3n) is 19.4. The normalized spacial score (nSPS) is 12.4. The van der Waals surface area contributed by atoms with E-state index in [0.717, 1.165) is 38.5 Å². The number of ether oxygens (including phenoxy) is 1. The zero-order valence-corrected chi connectivity index (χ0v) is 59.1. The first-order chi connectivity index (χ1) is 42.5. The number of hydrogen-bond acceptors (Lipinski definition) is 5. The molecule has 3 N–H and O–H groups in total. The van der Waals surface area contributed by atoms with E-state index in [-0.39, 0.29) is 18.5 Å². The molecule has 0 aromatic carbocycles. The maximum Gasteiger partial charge on any atom is 0.305 e. The number of carbonyl (C=O) groups is 2. The van der Waals surface area contributed by atoms with Gasteiger partial charge in [0.15, 0.2) is 0 Å². The van der Waals surface area contributed by atoms with E-state index in [1.165, 1.54) is 405 Å². The highest BCUT2D eigenvalue weighted by Crippen LogP contribution is 2.21. The topological polar surface area (TPSA) is 95.9 Å². The van der Waals surface area contributed by atoms with Gasteiger partial charge in [0.2, 0.25) is 5.91 Å². The van der Waals surface area contributed by atoms with Crippen LogP contribution in [0.15, 0.2) is 0 Å². The van der Waals surface area contributed by atoms with E-state index in [2.05, 4.69) is 19.2 Å². The van der Waals surface area contributed by atoms with Gasteiger partial charge in [-0.15, -0.1) is 0 Å². The summed E-state index contributed by atoms with van der Waals surface area (Å²) in [6, 6.07) is -0.540. The fourth-order valence-corrected chi connectivity index (χ4v) is 13.3. The predicted octanol–water partition coefficient (Wildman–Crippen LogP) is 26.5. The van der Waals surface area contributed by atoms with Crippen LogP contribution in [-0.4, -0.2) is 47.4 Å². The monoisotopic (exact) mass is 1210 g/mol. The average molecular weight is 1220 g/mol. The Balaban J connectivity index is 3.33. The number of carbonyl (C=O) groups excluding carboxylic acids is 2. The molecule has 514 valence electrons. The van der Waals surface area contributed by atoms with Crippen molar-refractivity contribution in [3.05, 3.63) is 0 Å².